The number of ether oxygens (including phenoxy) is 1. The largest absolute Gasteiger partial charge is 0.494 e. The molecule has 2 nitrogen and oxygen atoms in total. The van der Waals surface area contributed by atoms with Crippen LogP contribution in [0.3, 0.4) is 0 Å². The van der Waals surface area contributed by atoms with Crippen LogP contribution >= 0.6 is 0 Å². The molecule has 0 aliphatic heterocycles. The van der Waals surface area contributed by atoms with Gasteiger partial charge in [0.15, 0.2) is 0 Å². The summed E-state index contributed by atoms with van der Waals surface area (Å²) in [6.07, 6.45) is 1.70. The lowest BCUT2D eigenvalue weighted by atomic mass is 10.2. The van der Waals surface area contributed by atoms with Gasteiger partial charge in [-0.15, -0.1) is 0 Å². The maximum Gasteiger partial charge on any atom is 0.123 e. The van der Waals surface area contributed by atoms with Crippen molar-refractivity contribution in [3.63, 3.8) is 0 Å². The second-order valence-electron chi connectivity index (χ2n) is 3.74. The first-order valence-corrected chi connectivity index (χ1v) is 5.80. The van der Waals surface area contributed by atoms with Gasteiger partial charge in [-0.2, -0.15) is 0 Å². The number of hydrogen-bond acceptors (Lipinski definition) is 2. The third kappa shape index (κ3) is 3.42. The van der Waals surface area contributed by atoms with Crippen LogP contribution in [0.4, 0.5) is 10.1 Å². The molecule has 0 aliphatic rings. The van der Waals surface area contributed by atoms with E-state index >= 15 is 0 Å². The molecular formula is C15H14FNO. The summed E-state index contributed by atoms with van der Waals surface area (Å²) in [7, 11) is 0. The smallest absolute Gasteiger partial charge is 0.123 e. The summed E-state index contributed by atoms with van der Waals surface area (Å²) in [6.45, 7) is 2.60. The summed E-state index contributed by atoms with van der Waals surface area (Å²) in [5, 5.41) is 0. The van der Waals surface area contributed by atoms with Gasteiger partial charge in [0.2, 0.25) is 0 Å². The Kier molecular flexibility index (Phi) is 4.07. The minimum absolute atomic E-state index is 0.242. The van der Waals surface area contributed by atoms with E-state index in [0.29, 0.717) is 6.61 Å². The van der Waals surface area contributed by atoms with E-state index < -0.39 is 0 Å². The van der Waals surface area contributed by atoms with Gasteiger partial charge in [0, 0.05) is 6.21 Å². The van der Waals surface area contributed by atoms with Gasteiger partial charge in [-0.25, -0.2) is 4.39 Å². The molecule has 0 spiro atoms. The molecule has 0 aliphatic carbocycles. The standard InChI is InChI=1S/C15H14FNO/c1-2-18-15-9-7-14(8-10-15)17-11-12-3-5-13(16)6-4-12/h3-11H,2H2,1H3. The average molecular weight is 243 g/mol. The molecule has 0 unspecified atom stereocenters. The maximum atomic E-state index is 12.7. The number of benzene rings is 2. The molecule has 0 saturated heterocycles. The van der Waals surface area contributed by atoms with Gasteiger partial charge in [0.25, 0.3) is 0 Å². The lowest BCUT2D eigenvalue weighted by molar-refractivity contribution is 0.340. The predicted octanol–water partition coefficient (Wildman–Crippen LogP) is 3.98. The van der Waals surface area contributed by atoms with Gasteiger partial charge in [-0.1, -0.05) is 12.1 Å². The quantitative estimate of drug-likeness (QED) is 0.744. The molecule has 0 aromatic heterocycles. The second-order valence-corrected chi connectivity index (χ2v) is 3.74. The topological polar surface area (TPSA) is 21.6 Å². The van der Waals surface area contributed by atoms with E-state index in [1.165, 1.54) is 12.1 Å². The first-order chi connectivity index (χ1) is 8.78. The zero-order valence-electron chi connectivity index (χ0n) is 10.1. The Balaban J connectivity index is 2.06. The molecule has 0 radical (unpaired) electrons. The molecule has 0 amide bonds. The number of halogens is 1. The fourth-order valence-corrected chi connectivity index (χ4v) is 1.49. The third-order valence-electron chi connectivity index (χ3n) is 2.38. The Labute approximate surface area is 106 Å². The van der Waals surface area contributed by atoms with Crippen LogP contribution in [-0.2, 0) is 0 Å². The minimum atomic E-state index is -0.242. The summed E-state index contributed by atoms with van der Waals surface area (Å²) in [5.74, 6) is 0.589. The van der Waals surface area contributed by atoms with Crippen molar-refractivity contribution in [2.75, 3.05) is 6.61 Å². The van der Waals surface area contributed by atoms with Crippen LogP contribution in [-0.4, -0.2) is 12.8 Å². The van der Waals surface area contributed by atoms with Crippen LogP contribution in [0.2, 0.25) is 0 Å². The summed E-state index contributed by atoms with van der Waals surface area (Å²) in [5.41, 5.74) is 1.70. The molecule has 2 aromatic rings. The van der Waals surface area contributed by atoms with Crippen molar-refractivity contribution in [1.82, 2.24) is 0 Å². The highest BCUT2D eigenvalue weighted by Crippen LogP contribution is 2.18. The van der Waals surface area contributed by atoms with Crippen LogP contribution in [0, 0.1) is 5.82 Å². The highest BCUT2D eigenvalue weighted by molar-refractivity contribution is 5.81. The number of hydrogen-bond donors (Lipinski definition) is 0. The lowest BCUT2D eigenvalue weighted by Crippen LogP contribution is -1.89. The summed E-state index contributed by atoms with van der Waals surface area (Å²) in [6, 6.07) is 13.7. The molecule has 2 rings (SSSR count). The van der Waals surface area contributed by atoms with E-state index in [-0.39, 0.29) is 5.82 Å². The van der Waals surface area contributed by atoms with Crippen molar-refractivity contribution in [3.05, 3.63) is 59.9 Å². The van der Waals surface area contributed by atoms with Gasteiger partial charge < -0.3 is 4.74 Å². The van der Waals surface area contributed by atoms with Gasteiger partial charge in [0.1, 0.15) is 11.6 Å². The highest BCUT2D eigenvalue weighted by Gasteiger charge is 1.93. The lowest BCUT2D eigenvalue weighted by Gasteiger charge is -2.01. The normalized spacial score (nSPS) is 10.8. The summed E-state index contributed by atoms with van der Waals surface area (Å²) >= 11 is 0. The molecule has 0 fully saturated rings. The molecule has 0 saturated carbocycles. The van der Waals surface area contributed by atoms with Crippen LogP contribution in [0.5, 0.6) is 5.75 Å². The first-order valence-electron chi connectivity index (χ1n) is 5.80. The zero-order valence-corrected chi connectivity index (χ0v) is 10.1. The van der Waals surface area contributed by atoms with E-state index in [0.717, 1.165) is 17.0 Å². The van der Waals surface area contributed by atoms with Gasteiger partial charge >= 0.3 is 0 Å². The van der Waals surface area contributed by atoms with Gasteiger partial charge in [0.05, 0.1) is 12.3 Å². The Bertz CT molecular complexity index is 517. The Morgan fingerprint density at radius 1 is 1.06 bits per heavy atom. The number of aliphatic imine (C=N–C) groups is 1. The molecule has 2 aromatic carbocycles. The Morgan fingerprint density at radius 2 is 1.72 bits per heavy atom. The number of nitrogens with zero attached hydrogens (tertiary/aromatic N) is 1. The third-order valence-corrected chi connectivity index (χ3v) is 2.38. The Hall–Kier alpha value is -2.16. The molecule has 92 valence electrons. The summed E-state index contributed by atoms with van der Waals surface area (Å²) < 4.78 is 18.1. The van der Waals surface area contributed by atoms with Crippen molar-refractivity contribution in [2.45, 2.75) is 6.92 Å². The summed E-state index contributed by atoms with van der Waals surface area (Å²) in [4.78, 5) is 4.30. The fourth-order valence-electron chi connectivity index (χ4n) is 1.49. The van der Waals surface area contributed by atoms with Crippen molar-refractivity contribution in [2.24, 2.45) is 4.99 Å². The van der Waals surface area contributed by atoms with E-state index in [2.05, 4.69) is 4.99 Å². The van der Waals surface area contributed by atoms with Crippen molar-refractivity contribution in [1.29, 1.82) is 0 Å². The number of rotatable bonds is 4. The molecule has 0 atom stereocenters. The predicted molar refractivity (Wildman–Crippen MR) is 71.3 cm³/mol. The van der Waals surface area contributed by atoms with Gasteiger partial charge in [-0.05, 0) is 48.9 Å². The van der Waals surface area contributed by atoms with Crippen LogP contribution in [0.25, 0.3) is 0 Å². The van der Waals surface area contributed by atoms with Crippen molar-refractivity contribution < 1.29 is 9.13 Å². The SMILES string of the molecule is CCOc1ccc(N=Cc2ccc(F)cc2)cc1. The van der Waals surface area contributed by atoms with Crippen LogP contribution in [0.15, 0.2) is 53.5 Å². The fraction of sp³-hybridized carbons (Fsp3) is 0.133. The zero-order chi connectivity index (χ0) is 12.8. The van der Waals surface area contributed by atoms with E-state index in [1.54, 1.807) is 18.3 Å². The van der Waals surface area contributed by atoms with Crippen LogP contribution < -0.4 is 4.74 Å². The average Bonchev–Trinajstić information content (AvgIpc) is 2.40. The molecular weight excluding hydrogens is 229 g/mol. The maximum absolute atomic E-state index is 12.7. The van der Waals surface area contributed by atoms with Gasteiger partial charge in [-0.3, -0.25) is 4.99 Å². The molecule has 0 heterocycles. The molecule has 0 bridgehead atoms. The highest BCUT2D eigenvalue weighted by atomic mass is 19.1. The Morgan fingerprint density at radius 3 is 2.33 bits per heavy atom. The van der Waals surface area contributed by atoms with Crippen LogP contribution in [0.1, 0.15) is 12.5 Å². The molecule has 0 N–H and O–H groups in total. The van der Waals surface area contributed by atoms with Crippen molar-refractivity contribution >= 4 is 11.9 Å². The van der Waals surface area contributed by atoms with E-state index in [1.807, 2.05) is 31.2 Å². The van der Waals surface area contributed by atoms with E-state index in [4.69, 9.17) is 4.74 Å². The second kappa shape index (κ2) is 5.96. The molecule has 18 heavy (non-hydrogen) atoms. The monoisotopic (exact) mass is 243 g/mol. The first kappa shape index (κ1) is 12.3. The molecule has 3 heteroatoms. The van der Waals surface area contributed by atoms with E-state index in [9.17, 15) is 4.39 Å². The minimum Gasteiger partial charge on any atom is -0.494 e. The van der Waals surface area contributed by atoms with Crippen molar-refractivity contribution in [3.8, 4) is 5.75 Å².